The molecule has 0 bridgehead atoms. The standard InChI is InChI=1S/C35H54BrNO6/c1-21(38)42-26-11-12-32(6)24(31(26,4)5)10-13-33(7)25(32)18-23(37-43-27(39)20-36)28-22-19-30(2,3)14-16-35(22,29(40)41-9)17-15-34(28,33)8/h22,24-26,28H,10-20H2,1-9H3/b37-23+/t22-,24-,25+,26-,28-,32-,33+,34+,35-/m0/s1. The third kappa shape index (κ3) is 4.85. The van der Waals surface area contributed by atoms with Gasteiger partial charge in [-0.2, -0.15) is 0 Å². The van der Waals surface area contributed by atoms with Gasteiger partial charge in [-0.3, -0.25) is 9.59 Å². The molecule has 43 heavy (non-hydrogen) atoms. The summed E-state index contributed by atoms with van der Waals surface area (Å²) in [6.45, 7) is 18.2. The minimum atomic E-state index is -0.539. The van der Waals surface area contributed by atoms with Crippen molar-refractivity contribution in [2.75, 3.05) is 12.4 Å². The lowest BCUT2D eigenvalue weighted by atomic mass is 9.31. The van der Waals surface area contributed by atoms with Crippen LogP contribution in [-0.2, 0) is 28.7 Å². The zero-order valence-electron chi connectivity index (χ0n) is 27.9. The molecule has 0 aromatic heterocycles. The van der Waals surface area contributed by atoms with E-state index in [4.69, 9.17) is 19.5 Å². The van der Waals surface area contributed by atoms with Gasteiger partial charge in [-0.05, 0) is 104 Å². The largest absolute Gasteiger partial charge is 0.469 e. The summed E-state index contributed by atoms with van der Waals surface area (Å²) in [5.74, 6) is 0.108. The van der Waals surface area contributed by atoms with Crippen LogP contribution in [0.4, 0.5) is 0 Å². The summed E-state index contributed by atoms with van der Waals surface area (Å²) in [5.41, 5.74) is 0.242. The number of rotatable bonds is 4. The Morgan fingerprint density at radius 1 is 0.884 bits per heavy atom. The summed E-state index contributed by atoms with van der Waals surface area (Å²) in [7, 11) is 1.53. The molecule has 0 unspecified atom stereocenters. The molecule has 0 aliphatic heterocycles. The molecule has 5 aliphatic rings. The third-order valence-electron chi connectivity index (χ3n) is 14.2. The Morgan fingerprint density at radius 2 is 1.56 bits per heavy atom. The van der Waals surface area contributed by atoms with E-state index < -0.39 is 11.4 Å². The number of carbonyl (C=O) groups excluding carboxylic acids is 3. The van der Waals surface area contributed by atoms with Gasteiger partial charge in [0.15, 0.2) is 0 Å². The van der Waals surface area contributed by atoms with E-state index in [9.17, 15) is 14.4 Å². The van der Waals surface area contributed by atoms with E-state index >= 15 is 0 Å². The number of carbonyl (C=O) groups is 3. The normalized spacial score (nSPS) is 45.4. The van der Waals surface area contributed by atoms with Crippen LogP contribution < -0.4 is 0 Å². The Morgan fingerprint density at radius 3 is 2.19 bits per heavy atom. The van der Waals surface area contributed by atoms with Crippen LogP contribution in [0.25, 0.3) is 0 Å². The molecule has 5 saturated carbocycles. The summed E-state index contributed by atoms with van der Waals surface area (Å²) in [5, 5.41) is 4.82. The van der Waals surface area contributed by atoms with Gasteiger partial charge >= 0.3 is 17.9 Å². The summed E-state index contributed by atoms with van der Waals surface area (Å²) in [6.07, 6.45) is 9.13. The molecule has 0 N–H and O–H groups in total. The second kappa shape index (κ2) is 10.8. The van der Waals surface area contributed by atoms with Crippen molar-refractivity contribution in [3.63, 3.8) is 0 Å². The van der Waals surface area contributed by atoms with E-state index in [0.717, 1.165) is 69.9 Å². The predicted molar refractivity (Wildman–Crippen MR) is 169 cm³/mol. The van der Waals surface area contributed by atoms with Crippen LogP contribution in [0.5, 0.6) is 0 Å². The molecule has 9 atom stereocenters. The maximum absolute atomic E-state index is 13.7. The minimum absolute atomic E-state index is 0.00402. The van der Waals surface area contributed by atoms with E-state index in [2.05, 4.69) is 64.4 Å². The Kier molecular flexibility index (Phi) is 8.30. The fraction of sp³-hybridized carbons (Fsp3) is 0.886. The van der Waals surface area contributed by atoms with Gasteiger partial charge in [-0.1, -0.05) is 69.6 Å². The van der Waals surface area contributed by atoms with Crippen LogP contribution in [0.15, 0.2) is 5.16 Å². The van der Waals surface area contributed by atoms with Crippen LogP contribution in [0, 0.1) is 56.2 Å². The van der Waals surface area contributed by atoms with Crippen LogP contribution >= 0.6 is 15.9 Å². The van der Waals surface area contributed by atoms with Crippen molar-refractivity contribution in [3.8, 4) is 0 Å². The Labute approximate surface area is 267 Å². The SMILES string of the molecule is COC(=O)[C@]12CCC(C)(C)C[C@H]1[C@H]1/C(=N/OC(=O)CBr)C[C@@H]3[C@@]4(C)CC[C@H](OC(C)=O)C(C)(C)[C@@H]4CC[C@@]3(C)[C@]1(C)CC2. The molecule has 5 fully saturated rings. The number of alkyl halides is 1. The van der Waals surface area contributed by atoms with Crippen molar-refractivity contribution in [1.82, 2.24) is 0 Å². The number of methoxy groups -OCH3 is 1. The first-order chi connectivity index (χ1) is 19.9. The van der Waals surface area contributed by atoms with Gasteiger partial charge in [-0.25, -0.2) is 4.79 Å². The number of nitrogens with zero attached hydrogens (tertiary/aromatic N) is 1. The lowest BCUT2D eigenvalue weighted by Crippen LogP contribution is -2.70. The van der Waals surface area contributed by atoms with Crippen molar-refractivity contribution in [2.24, 2.45) is 61.3 Å². The first-order valence-corrected chi connectivity index (χ1v) is 17.6. The molecule has 8 heteroatoms. The van der Waals surface area contributed by atoms with Gasteiger partial charge in [0.25, 0.3) is 0 Å². The summed E-state index contributed by atoms with van der Waals surface area (Å²) in [6, 6.07) is 0. The molecular formula is C35H54BrNO6. The molecule has 0 radical (unpaired) electrons. The number of hydrogen-bond acceptors (Lipinski definition) is 7. The molecule has 242 valence electrons. The third-order valence-corrected chi connectivity index (χ3v) is 14.7. The van der Waals surface area contributed by atoms with E-state index in [1.54, 1.807) is 0 Å². The van der Waals surface area contributed by atoms with Gasteiger partial charge in [0.05, 0.1) is 18.2 Å². The zero-order chi connectivity index (χ0) is 31.8. The Balaban J connectivity index is 1.64. The molecule has 5 aliphatic carbocycles. The number of fused-ring (bicyclic) bond motifs is 7. The quantitative estimate of drug-likeness (QED) is 0.132. The zero-order valence-corrected chi connectivity index (χ0v) is 29.5. The fourth-order valence-corrected chi connectivity index (χ4v) is 12.0. The van der Waals surface area contributed by atoms with Crippen LogP contribution in [-0.4, -0.2) is 42.2 Å². The summed E-state index contributed by atoms with van der Waals surface area (Å²) in [4.78, 5) is 43.8. The van der Waals surface area contributed by atoms with E-state index in [1.165, 1.54) is 14.0 Å². The smallest absolute Gasteiger partial charge is 0.345 e. The van der Waals surface area contributed by atoms with Crippen molar-refractivity contribution < 1.29 is 28.7 Å². The molecule has 0 aromatic carbocycles. The lowest BCUT2D eigenvalue weighted by molar-refractivity contribution is -0.235. The highest BCUT2D eigenvalue weighted by molar-refractivity contribution is 9.09. The molecule has 0 amide bonds. The molecule has 0 saturated heterocycles. The van der Waals surface area contributed by atoms with Crippen LogP contribution in [0.1, 0.15) is 120 Å². The van der Waals surface area contributed by atoms with Crippen molar-refractivity contribution in [1.29, 1.82) is 0 Å². The van der Waals surface area contributed by atoms with Crippen LogP contribution in [0.2, 0.25) is 0 Å². The Bertz CT molecular complexity index is 1200. The van der Waals surface area contributed by atoms with Gasteiger partial charge < -0.3 is 14.3 Å². The van der Waals surface area contributed by atoms with Crippen LogP contribution in [0.3, 0.4) is 0 Å². The number of ether oxygens (including phenoxy) is 2. The highest BCUT2D eigenvalue weighted by atomic mass is 79.9. The highest BCUT2D eigenvalue weighted by Gasteiger charge is 2.73. The number of halogens is 1. The van der Waals surface area contributed by atoms with Crippen molar-refractivity contribution >= 4 is 39.5 Å². The molecule has 0 aromatic rings. The number of oxime groups is 1. The Hall–Kier alpha value is -1.44. The lowest BCUT2D eigenvalue weighted by Gasteiger charge is -2.73. The minimum Gasteiger partial charge on any atom is -0.469 e. The average Bonchev–Trinajstić information content (AvgIpc) is 2.93. The van der Waals surface area contributed by atoms with Gasteiger partial charge in [0.2, 0.25) is 0 Å². The monoisotopic (exact) mass is 663 g/mol. The predicted octanol–water partition coefficient (Wildman–Crippen LogP) is 7.88. The van der Waals surface area contributed by atoms with Crippen molar-refractivity contribution in [2.45, 2.75) is 126 Å². The van der Waals surface area contributed by atoms with E-state index in [-0.39, 0.29) is 62.3 Å². The molecular weight excluding hydrogens is 610 g/mol. The fourth-order valence-electron chi connectivity index (χ4n) is 11.9. The highest BCUT2D eigenvalue weighted by Crippen LogP contribution is 2.76. The second-order valence-electron chi connectivity index (χ2n) is 16.9. The summed E-state index contributed by atoms with van der Waals surface area (Å²) < 4.78 is 11.5. The van der Waals surface area contributed by atoms with Crippen molar-refractivity contribution in [3.05, 3.63) is 0 Å². The molecule has 7 nitrogen and oxygen atoms in total. The first kappa shape index (κ1) is 32.9. The number of hydrogen-bond donors (Lipinski definition) is 0. The summed E-state index contributed by atoms with van der Waals surface area (Å²) >= 11 is 3.24. The van der Waals surface area contributed by atoms with E-state index in [0.29, 0.717) is 11.8 Å². The van der Waals surface area contributed by atoms with Gasteiger partial charge in [0, 0.05) is 18.3 Å². The number of esters is 2. The van der Waals surface area contributed by atoms with Gasteiger partial charge in [-0.15, -0.1) is 0 Å². The molecule has 0 heterocycles. The maximum atomic E-state index is 13.7. The first-order valence-electron chi connectivity index (χ1n) is 16.5. The van der Waals surface area contributed by atoms with Gasteiger partial charge in [0.1, 0.15) is 11.4 Å². The maximum Gasteiger partial charge on any atom is 0.345 e. The second-order valence-corrected chi connectivity index (χ2v) is 17.5. The topological polar surface area (TPSA) is 91.3 Å². The molecule has 5 rings (SSSR count). The molecule has 0 spiro atoms. The average molecular weight is 665 g/mol. The van der Waals surface area contributed by atoms with E-state index in [1.807, 2.05) is 0 Å².